The van der Waals surface area contributed by atoms with Crippen LogP contribution in [0.2, 0.25) is 4.82 Å². The molecule has 44 nitrogen and oxygen atoms in total. The Morgan fingerprint density at radius 2 is 0.876 bits per heavy atom. The van der Waals surface area contributed by atoms with Crippen LogP contribution in [0.1, 0.15) is 187 Å². The van der Waals surface area contributed by atoms with Crippen molar-refractivity contribution in [3.63, 3.8) is 0 Å². The number of carboxylic acids is 1. The minimum Gasteiger partial charge on any atom is -0.480 e. The van der Waals surface area contributed by atoms with Gasteiger partial charge in [-0.05, 0) is 104 Å². The Kier molecular flexibility index (Phi) is 53.2. The van der Waals surface area contributed by atoms with Gasteiger partial charge in [0.1, 0.15) is 58.2 Å². The zero-order chi connectivity index (χ0) is 109. The molecule has 0 spiro atoms. The van der Waals surface area contributed by atoms with Gasteiger partial charge in [-0.3, -0.25) is 43.1 Å². The molecule has 9 aliphatic rings. The number of nitrogens with zero attached hydrogens (tertiary/aromatic N) is 8. The normalized spacial score (nSPS) is 22.7. The summed E-state index contributed by atoms with van der Waals surface area (Å²) in [5.41, 5.74) is -1.58. The second-order valence-corrected chi connectivity index (χ2v) is 45.7. The number of halogens is 2. The number of carbonyl (C=O) groups is 13. The molecule has 2 aromatic heterocycles. The predicted molar refractivity (Wildman–Crippen MR) is 545 cm³/mol. The summed E-state index contributed by atoms with van der Waals surface area (Å²) in [7, 11) is 5.12. The van der Waals surface area contributed by atoms with Crippen LogP contribution in [0.3, 0.4) is 0 Å². The number of hydrogen-bond acceptors (Lipinski definition) is 39. The molecule has 9 aliphatic heterocycles. The number of amides is 6. The predicted octanol–water partition coefficient (Wildman–Crippen LogP) is 9.24. The van der Waals surface area contributed by atoms with Gasteiger partial charge in [0.2, 0.25) is 0 Å². The number of aliphatic hydroxyl groups excluding tert-OH is 3. The minimum atomic E-state index is -3.68. The fourth-order valence-electron chi connectivity index (χ4n) is 14.0. The maximum Gasteiger partial charge on any atom is 0.411 e. The number of rotatable bonds is 17. The van der Waals surface area contributed by atoms with Crippen LogP contribution in [0.4, 0.5) is 39.0 Å². The number of Topliss-reactive ketones (excluding diaryl/α,β-unsaturated/α-hetero) is 1. The number of nitrogens with one attached hydrogen (secondary N) is 5. The molecule has 145 heavy (non-hydrogen) atoms. The molecule has 3 aromatic rings. The second-order valence-electron chi connectivity index (χ2n) is 39.3. The Hall–Kier alpha value is -10.1. The molecule has 5 fully saturated rings. The van der Waals surface area contributed by atoms with Crippen molar-refractivity contribution >= 4 is 165 Å². The van der Waals surface area contributed by atoms with Crippen LogP contribution in [0, 0.1) is 0 Å². The maximum atomic E-state index is 12.5. The fourth-order valence-corrected chi connectivity index (χ4v) is 18.7. The van der Waals surface area contributed by atoms with Crippen LogP contribution in [-0.2, 0) is 100.0 Å². The van der Waals surface area contributed by atoms with Gasteiger partial charge < -0.3 is 89.6 Å². The third-order valence-corrected chi connectivity index (χ3v) is 25.3. The van der Waals surface area contributed by atoms with E-state index in [4.69, 9.17) is 64.3 Å². The summed E-state index contributed by atoms with van der Waals surface area (Å²) in [5.74, 6) is -3.44. The van der Waals surface area contributed by atoms with Crippen LogP contribution >= 0.6 is 46.7 Å². The monoisotopic (exact) mass is 2210 g/mol. The topological polar surface area (TPSA) is 553 Å². The molecule has 50 heteroatoms. The first-order valence-electron chi connectivity index (χ1n) is 46.5. The van der Waals surface area contributed by atoms with Crippen molar-refractivity contribution in [2.75, 3.05) is 131 Å². The molecule has 0 saturated carbocycles. The van der Waals surface area contributed by atoms with E-state index in [1.54, 1.807) is 135 Å². The quantitative estimate of drug-likeness (QED) is 0.0152. The molecule has 0 bridgehead atoms. The molecule has 0 aliphatic carbocycles. The van der Waals surface area contributed by atoms with E-state index in [0.29, 0.717) is 71.2 Å². The Morgan fingerprint density at radius 3 is 1.28 bits per heavy atom. The second kappa shape index (κ2) is 59.8. The molecule has 818 valence electrons. The molecule has 6 amide bonds. The number of benzene rings is 1. The summed E-state index contributed by atoms with van der Waals surface area (Å²) in [4.78, 5) is 169. The van der Waals surface area contributed by atoms with Gasteiger partial charge in [0.25, 0.3) is 10.1 Å². The molecule has 0 radical (unpaired) electrons. The average molecular weight is 2220 g/mol. The number of alkyl halides is 1. The summed E-state index contributed by atoms with van der Waals surface area (Å²) in [6.45, 7) is 37.9. The average Bonchev–Trinajstić information content (AvgIpc) is 1.67. The number of aromatic nitrogens is 2. The van der Waals surface area contributed by atoms with E-state index in [1.807, 2.05) is 91.4 Å². The van der Waals surface area contributed by atoms with E-state index in [1.165, 1.54) is 58.9 Å². The van der Waals surface area contributed by atoms with Crippen molar-refractivity contribution in [3.8, 4) is 0 Å². The van der Waals surface area contributed by atoms with Crippen LogP contribution < -0.4 is 31.0 Å². The molecule has 5 saturated heterocycles. The zero-order valence-corrected chi connectivity index (χ0v) is 93.1. The first kappa shape index (κ1) is 129. The fraction of sp³-hybridized carbons (Fsp3) is 0.653. The first-order valence-corrected chi connectivity index (χ1v) is 52.4. The summed E-state index contributed by atoms with van der Waals surface area (Å²) in [6.07, 6.45) is 12.2. The Balaban J connectivity index is 0.000000424. The molecule has 12 rings (SSSR count). The van der Waals surface area contributed by atoms with Crippen molar-refractivity contribution in [1.82, 2.24) is 55.3 Å². The summed E-state index contributed by atoms with van der Waals surface area (Å²) in [6, 6.07) is 6.08. The minimum absolute atomic E-state index is 0. The Labute approximate surface area is 874 Å². The number of esters is 5. The number of carboxylic acid groups (broad SMARTS) is 1. The van der Waals surface area contributed by atoms with Crippen LogP contribution in [0.15, 0.2) is 89.7 Å². The van der Waals surface area contributed by atoms with Crippen LogP contribution in [0.25, 0.3) is 0 Å². The molecule has 14 atom stereocenters. The summed E-state index contributed by atoms with van der Waals surface area (Å²) < 4.78 is 83.5. The van der Waals surface area contributed by atoms with Gasteiger partial charge in [-0.1, -0.05) is 48.6 Å². The van der Waals surface area contributed by atoms with Gasteiger partial charge in [0.15, 0.2) is 22.1 Å². The number of aliphatic carboxylic acids is 1. The number of β-amino-alcohol motifs (C(OH)–C–C–N with tert-alkyl or cyclic N) is 3. The van der Waals surface area contributed by atoms with Crippen molar-refractivity contribution in [2.45, 2.75) is 281 Å². The molecule has 9 N–H and O–H groups in total. The molecule has 11 heterocycles. The Morgan fingerprint density at radius 1 is 0.476 bits per heavy atom. The largest absolute Gasteiger partial charge is 0.480 e. The Bertz CT molecular complexity index is 4870. The van der Waals surface area contributed by atoms with E-state index >= 15 is 0 Å². The number of methoxy groups -OCH3 is 4. The number of anilines is 2. The van der Waals surface area contributed by atoms with Crippen LogP contribution in [0.5, 0.6) is 0 Å². The van der Waals surface area contributed by atoms with E-state index in [2.05, 4.69) is 85.2 Å². The first-order chi connectivity index (χ1) is 66.9. The number of thiazole rings is 2. The van der Waals surface area contributed by atoms with Crippen molar-refractivity contribution < 1.29 is 147 Å². The SMILES string of the molecule is CC(C)(C)OC(=O)N1CC=C[C@@H]1C(=O)CCl.CCOC(=O)[C@H]1C[C@H]([Se]c2ccccc2)CN1C(=O)OC(C)(C)C.CNc1nc([C@H]2C=CCN2)cs1.CNc1nc([C@H]2C=CCN2C(=O)OC(C)(C)C)cs1.COC(=O)[C@H]1C=CCN1C(=O)OC(C)(C)C.COC(=O)[C@H]1C[C@@H](O)CN1.COC(=O)[C@H]1C[C@@H](O)CN1C(=O)OC(C)(C)C.COC(=O)[C@H]1C[C@@H](OS(C)(=O)=O)CN1C(=O)OC(C)(C)C.Cl.O=C(O)[C@H]1C[C@@H](O)CN1. The van der Waals surface area contributed by atoms with E-state index in [-0.39, 0.29) is 99.9 Å². The third-order valence-electron chi connectivity index (χ3n) is 20.1. The molecular weight excluding hydrogens is 2070 g/mol. The number of carbonyl (C=O) groups excluding carboxylic acids is 12. The van der Waals surface area contributed by atoms with Gasteiger partial charge >= 0.3 is 210 Å². The van der Waals surface area contributed by atoms with Gasteiger partial charge in [0, 0.05) is 89.8 Å². The smallest absolute Gasteiger partial charge is 0.411 e. The summed E-state index contributed by atoms with van der Waals surface area (Å²) >= 11 is 8.84. The molecule has 1 aromatic carbocycles. The van der Waals surface area contributed by atoms with E-state index < -0.39 is 159 Å². The summed E-state index contributed by atoms with van der Waals surface area (Å²) in [5, 5.41) is 56.4. The number of aliphatic hydroxyl groups is 3. The van der Waals surface area contributed by atoms with Gasteiger partial charge in [-0.2, -0.15) is 8.42 Å². The van der Waals surface area contributed by atoms with Crippen molar-refractivity contribution in [1.29, 1.82) is 0 Å². The molecular formula is C95H149Cl2N13O31S3Se. The van der Waals surface area contributed by atoms with Gasteiger partial charge in [0.05, 0.1) is 102 Å². The van der Waals surface area contributed by atoms with Crippen molar-refractivity contribution in [2.24, 2.45) is 0 Å². The van der Waals surface area contributed by atoms with Gasteiger partial charge in [-0.25, -0.2) is 48.3 Å². The number of ether oxygens (including phenoxy) is 11. The zero-order valence-electron chi connectivity index (χ0n) is 87.4. The van der Waals surface area contributed by atoms with Crippen molar-refractivity contribution in [3.05, 3.63) is 101 Å². The van der Waals surface area contributed by atoms with Gasteiger partial charge in [-0.15, -0.1) is 46.7 Å². The number of hydrogen-bond donors (Lipinski definition) is 9. The third kappa shape index (κ3) is 46.9. The van der Waals surface area contributed by atoms with Crippen LogP contribution in [-0.4, -0.2) is 382 Å². The standard InChI is InChI=1S/C18H25NO4Se.C13H19N3O2S.C12H21NO7S.C11H16ClNO3.C11H19NO5.C11H17NO4.C8H11N3S.C6H11NO3.C5H9NO3.ClH/c1-5-22-16(20)15-11-14(24-13-9-7-6-8-10-13)12-19(15)17(21)23-18(2,3)4;1-13(2,3)18-12(17)16-7-5-6-10(16)9-8-19-11(14-4)15-9;1-12(2,3)19-11(15)13-7-8(20-21(5,16)17)6-9(13)10(14)18-4;1-11(2,3)16-10(15)13-6-4-5-8(13)9(14)7-12;1-11(2,3)17-10(15)12-6-7(13)5-8(12)9(14)16-4;1-11(2,3)16-10(14)12-7-5-6-8(12)9(13)15-4;1-9-8-11-7(5-12-8)6-3-2-4-10-6;1-10-6(9)5-2-4(8)3-7-5;7-3-1-4(5(8)9)6-2-3;/h6-10,14-15H,5,11-12H2,1-4H3;5-6,8,10H,7H2,1-4H3,(H,14,15);8-9H,6-7H2,1-5H3;4-5,8H,6-7H2,1-3H3;7-8,13H,5-6H2,1-4H3;5-6,8H,7H2,1-4H3;2-3,5-6,10H,4H2,1H3,(H,9,11);4-5,7-8H,2-3H2,1H3;3-4,6-7H,1-2H2,(H,8,9);1H/t14-,15+;10-;8-,9-;8-;7-,8-;8-;6-;4-,5-;3-,4-;/m011111111./s1. The number of likely N-dealkylation sites (tertiary alicyclic amines) is 3. The van der Waals surface area contributed by atoms with E-state index in [0.717, 1.165) is 39.4 Å². The molecule has 0 unspecified atom stereocenters. The maximum absolute atomic E-state index is 12.5. The van der Waals surface area contributed by atoms with E-state index in [9.17, 15) is 75.9 Å². The number of ketones is 1.